The molecule has 0 aromatic carbocycles. The monoisotopic (exact) mass is 197 g/mol. The maximum atomic E-state index is 5.27. The third-order valence-electron chi connectivity index (χ3n) is 1.45. The van der Waals surface area contributed by atoms with Crippen LogP contribution in [0.1, 0.15) is 19.6 Å². The highest BCUT2D eigenvalue weighted by molar-refractivity contribution is 5.79. The molecule has 0 fully saturated rings. The minimum Gasteiger partial charge on any atom is -0.359 e. The number of hydrogen-bond acceptors (Lipinski definition) is 4. The normalized spacial score (nSPS) is 11.9. The van der Waals surface area contributed by atoms with Gasteiger partial charge in [-0.2, -0.15) is 0 Å². The van der Waals surface area contributed by atoms with Crippen LogP contribution in [0.15, 0.2) is 21.8 Å². The first-order chi connectivity index (χ1) is 6.72. The van der Waals surface area contributed by atoms with Crippen LogP contribution in [-0.4, -0.2) is 17.2 Å². The minimum atomic E-state index is 0.277. The van der Waals surface area contributed by atoms with Gasteiger partial charge in [0.05, 0.1) is 6.20 Å². The zero-order valence-electron chi connectivity index (χ0n) is 8.32. The third kappa shape index (κ3) is 3.44. The van der Waals surface area contributed by atoms with Crippen molar-refractivity contribution >= 4 is 5.96 Å². The maximum absolute atomic E-state index is 5.27. The lowest BCUT2D eigenvalue weighted by Crippen LogP contribution is -2.44. The summed E-state index contributed by atoms with van der Waals surface area (Å²) < 4.78 is 4.88. The summed E-state index contributed by atoms with van der Waals surface area (Å²) in [5, 5.41) is 6.61. The van der Waals surface area contributed by atoms with Gasteiger partial charge in [0.25, 0.3) is 0 Å². The van der Waals surface area contributed by atoms with Crippen LogP contribution < -0.4 is 16.6 Å². The second-order valence-electron chi connectivity index (χ2n) is 3.09. The highest BCUT2D eigenvalue weighted by atomic mass is 16.5. The van der Waals surface area contributed by atoms with E-state index in [1.807, 2.05) is 13.8 Å². The molecular weight excluding hydrogens is 182 g/mol. The van der Waals surface area contributed by atoms with Crippen LogP contribution in [0.5, 0.6) is 0 Å². The minimum absolute atomic E-state index is 0.277. The molecule has 0 atom stereocenters. The van der Waals surface area contributed by atoms with Crippen LogP contribution >= 0.6 is 0 Å². The molecule has 0 radical (unpaired) electrons. The van der Waals surface area contributed by atoms with Crippen LogP contribution in [0.25, 0.3) is 0 Å². The summed E-state index contributed by atoms with van der Waals surface area (Å²) in [5.74, 6) is 6.51. The average molecular weight is 197 g/mol. The van der Waals surface area contributed by atoms with Gasteiger partial charge in [-0.05, 0) is 13.8 Å². The number of hydrogen-bond donors (Lipinski definition) is 3. The predicted octanol–water partition coefficient (Wildman–Crippen LogP) is -0.00810. The summed E-state index contributed by atoms with van der Waals surface area (Å²) in [6.07, 6.45) is 1.58. The Morgan fingerprint density at radius 2 is 2.50 bits per heavy atom. The lowest BCUT2D eigenvalue weighted by Gasteiger charge is -2.11. The van der Waals surface area contributed by atoms with Crippen LogP contribution in [0, 0.1) is 0 Å². The molecule has 0 unspecified atom stereocenters. The molecule has 1 heterocycles. The molecule has 6 heteroatoms. The zero-order chi connectivity index (χ0) is 10.4. The summed E-state index contributed by atoms with van der Waals surface area (Å²) in [7, 11) is 0. The first kappa shape index (κ1) is 10.5. The van der Waals surface area contributed by atoms with Crippen LogP contribution in [-0.2, 0) is 6.54 Å². The van der Waals surface area contributed by atoms with Crippen molar-refractivity contribution in [3.63, 3.8) is 0 Å². The van der Waals surface area contributed by atoms with E-state index in [1.165, 1.54) is 0 Å². The molecule has 1 aromatic rings. The Kier molecular flexibility index (Phi) is 3.93. The highest BCUT2D eigenvalue weighted by Gasteiger charge is 1.99. The molecule has 78 valence electrons. The molecule has 0 spiro atoms. The van der Waals surface area contributed by atoms with E-state index >= 15 is 0 Å². The summed E-state index contributed by atoms with van der Waals surface area (Å²) in [4.78, 5) is 4.16. The number of aromatic nitrogens is 1. The molecule has 0 aliphatic heterocycles. The smallest absolute Gasteiger partial charge is 0.206 e. The van der Waals surface area contributed by atoms with Crippen LogP contribution in [0.4, 0.5) is 0 Å². The quantitative estimate of drug-likeness (QED) is 0.274. The van der Waals surface area contributed by atoms with Gasteiger partial charge in [0.1, 0.15) is 6.54 Å². The van der Waals surface area contributed by atoms with Crippen molar-refractivity contribution in [3.8, 4) is 0 Å². The number of guanidine groups is 1. The van der Waals surface area contributed by atoms with Crippen molar-refractivity contribution in [1.29, 1.82) is 0 Å². The van der Waals surface area contributed by atoms with E-state index in [1.54, 1.807) is 12.3 Å². The Balaban J connectivity index is 2.48. The SMILES string of the molecule is CC(C)NC(=NCc1ccno1)NN. The number of nitrogens with two attached hydrogens (primary N) is 1. The third-order valence-corrected chi connectivity index (χ3v) is 1.45. The van der Waals surface area contributed by atoms with Crippen molar-refractivity contribution in [3.05, 3.63) is 18.0 Å². The lowest BCUT2D eigenvalue weighted by molar-refractivity contribution is 0.385. The molecule has 0 aliphatic rings. The molecule has 1 rings (SSSR count). The molecule has 0 saturated heterocycles. The Bertz CT molecular complexity index is 280. The number of hydrazine groups is 1. The van der Waals surface area contributed by atoms with Crippen molar-refractivity contribution < 1.29 is 4.52 Å². The Morgan fingerprint density at radius 3 is 3.00 bits per heavy atom. The predicted molar refractivity (Wildman–Crippen MR) is 53.2 cm³/mol. The number of nitrogens with zero attached hydrogens (tertiary/aromatic N) is 2. The topological polar surface area (TPSA) is 88.5 Å². The van der Waals surface area contributed by atoms with Crippen molar-refractivity contribution in [2.75, 3.05) is 0 Å². The van der Waals surface area contributed by atoms with Gasteiger partial charge < -0.3 is 9.84 Å². The first-order valence-electron chi connectivity index (χ1n) is 4.39. The van der Waals surface area contributed by atoms with Crippen molar-refractivity contribution in [1.82, 2.24) is 15.9 Å². The van der Waals surface area contributed by atoms with Gasteiger partial charge in [0, 0.05) is 12.1 Å². The van der Waals surface area contributed by atoms with E-state index in [2.05, 4.69) is 20.9 Å². The van der Waals surface area contributed by atoms with Gasteiger partial charge in [-0.15, -0.1) is 0 Å². The van der Waals surface area contributed by atoms with Gasteiger partial charge in [0.15, 0.2) is 5.76 Å². The summed E-state index contributed by atoms with van der Waals surface area (Å²) in [6, 6.07) is 2.03. The van der Waals surface area contributed by atoms with E-state index in [9.17, 15) is 0 Å². The Labute approximate surface area is 82.5 Å². The maximum Gasteiger partial charge on any atom is 0.206 e. The highest BCUT2D eigenvalue weighted by Crippen LogP contribution is 1.97. The summed E-state index contributed by atoms with van der Waals surface area (Å²) in [6.45, 7) is 4.42. The molecule has 1 aromatic heterocycles. The van der Waals surface area contributed by atoms with E-state index in [0.29, 0.717) is 18.3 Å². The van der Waals surface area contributed by atoms with Crippen LogP contribution in [0.2, 0.25) is 0 Å². The van der Waals surface area contributed by atoms with Gasteiger partial charge in [0.2, 0.25) is 5.96 Å². The number of aliphatic imine (C=N–C) groups is 1. The molecule has 4 N–H and O–H groups in total. The first-order valence-corrected chi connectivity index (χ1v) is 4.39. The van der Waals surface area contributed by atoms with E-state index < -0.39 is 0 Å². The molecule has 0 amide bonds. The molecule has 0 saturated carbocycles. The zero-order valence-corrected chi connectivity index (χ0v) is 8.32. The van der Waals surface area contributed by atoms with Gasteiger partial charge in [-0.25, -0.2) is 10.8 Å². The standard InChI is InChI=1S/C8H15N5O/c1-6(2)12-8(13-9)10-5-7-3-4-11-14-7/h3-4,6H,5,9H2,1-2H3,(H2,10,12,13). The molecule has 0 aliphatic carbocycles. The average Bonchev–Trinajstić information content (AvgIpc) is 2.64. The van der Waals surface area contributed by atoms with E-state index in [0.717, 1.165) is 0 Å². The summed E-state index contributed by atoms with van der Waals surface area (Å²) >= 11 is 0. The van der Waals surface area contributed by atoms with Crippen LogP contribution in [0.3, 0.4) is 0 Å². The molecule has 14 heavy (non-hydrogen) atoms. The number of rotatable bonds is 3. The number of nitrogens with one attached hydrogen (secondary N) is 2. The second-order valence-corrected chi connectivity index (χ2v) is 3.09. The van der Waals surface area contributed by atoms with Crippen molar-refractivity contribution in [2.24, 2.45) is 10.8 Å². The fourth-order valence-corrected chi connectivity index (χ4v) is 0.887. The Morgan fingerprint density at radius 1 is 1.71 bits per heavy atom. The lowest BCUT2D eigenvalue weighted by atomic mass is 10.4. The second kappa shape index (κ2) is 5.23. The summed E-state index contributed by atoms with van der Waals surface area (Å²) in [5.41, 5.74) is 2.47. The van der Waals surface area contributed by atoms with Gasteiger partial charge >= 0.3 is 0 Å². The molecular formula is C8H15N5O. The molecule has 0 bridgehead atoms. The van der Waals surface area contributed by atoms with Gasteiger partial charge in [-0.3, -0.25) is 5.43 Å². The van der Waals surface area contributed by atoms with E-state index in [-0.39, 0.29) is 6.04 Å². The molecule has 6 nitrogen and oxygen atoms in total. The fraction of sp³-hybridized carbons (Fsp3) is 0.500. The van der Waals surface area contributed by atoms with Gasteiger partial charge in [-0.1, -0.05) is 5.16 Å². The fourth-order valence-electron chi connectivity index (χ4n) is 0.887. The van der Waals surface area contributed by atoms with E-state index in [4.69, 9.17) is 10.4 Å². The largest absolute Gasteiger partial charge is 0.359 e. The Hall–Kier alpha value is -1.56. The van der Waals surface area contributed by atoms with Crippen molar-refractivity contribution in [2.45, 2.75) is 26.4 Å².